The Morgan fingerprint density at radius 2 is 1.74 bits per heavy atom. The zero-order valence-corrected chi connectivity index (χ0v) is 12.6. The van der Waals surface area contributed by atoms with Crippen molar-refractivity contribution in [1.29, 1.82) is 0 Å². The Bertz CT molecular complexity index is 684. The van der Waals surface area contributed by atoms with E-state index < -0.39 is 12.0 Å². The van der Waals surface area contributed by atoms with E-state index in [0.29, 0.717) is 17.9 Å². The number of benzene rings is 2. The van der Waals surface area contributed by atoms with Crippen LogP contribution in [0.5, 0.6) is 5.75 Å². The molecule has 0 aromatic heterocycles. The van der Waals surface area contributed by atoms with Gasteiger partial charge in [-0.2, -0.15) is 0 Å². The summed E-state index contributed by atoms with van der Waals surface area (Å²) in [6, 6.07) is 12.1. The molecule has 0 unspecified atom stereocenters. The lowest BCUT2D eigenvalue weighted by Crippen LogP contribution is -2.35. The summed E-state index contributed by atoms with van der Waals surface area (Å²) in [5.41, 5.74) is 6.40. The maximum atomic E-state index is 12.8. The third-order valence-corrected chi connectivity index (χ3v) is 3.20. The molecule has 0 aliphatic heterocycles. The Labute approximate surface area is 133 Å². The molecule has 1 atom stereocenters. The van der Waals surface area contributed by atoms with Crippen molar-refractivity contribution in [2.45, 2.75) is 19.6 Å². The summed E-state index contributed by atoms with van der Waals surface area (Å²) in [6.45, 7) is 1.91. The number of hydrogen-bond donors (Lipinski definition) is 2. The normalized spacial score (nSPS) is 11.6. The molecule has 6 heteroatoms. The van der Waals surface area contributed by atoms with Crippen LogP contribution in [0.25, 0.3) is 0 Å². The molecule has 0 heterocycles. The van der Waals surface area contributed by atoms with Gasteiger partial charge in [0.15, 0.2) is 6.10 Å². The first-order chi connectivity index (χ1) is 11.0. The van der Waals surface area contributed by atoms with E-state index in [1.807, 2.05) is 0 Å². The molecule has 5 nitrogen and oxygen atoms in total. The molecule has 0 saturated carbocycles. The number of carbonyl (C=O) groups is 2. The molecular formula is C17H17FN2O3. The van der Waals surface area contributed by atoms with Crippen LogP contribution in [0.3, 0.4) is 0 Å². The number of nitrogens with one attached hydrogen (secondary N) is 1. The number of carbonyl (C=O) groups excluding carboxylic acids is 2. The second-order valence-corrected chi connectivity index (χ2v) is 4.99. The van der Waals surface area contributed by atoms with Crippen LogP contribution in [-0.4, -0.2) is 17.9 Å². The van der Waals surface area contributed by atoms with Gasteiger partial charge < -0.3 is 15.8 Å². The molecule has 0 fully saturated rings. The van der Waals surface area contributed by atoms with Crippen molar-refractivity contribution in [2.24, 2.45) is 5.73 Å². The van der Waals surface area contributed by atoms with E-state index in [9.17, 15) is 14.0 Å². The van der Waals surface area contributed by atoms with Crippen molar-refractivity contribution < 1.29 is 18.7 Å². The molecule has 0 saturated heterocycles. The molecule has 0 aliphatic rings. The number of rotatable bonds is 6. The van der Waals surface area contributed by atoms with Gasteiger partial charge in [0.1, 0.15) is 11.6 Å². The Morgan fingerprint density at radius 3 is 2.30 bits per heavy atom. The maximum Gasteiger partial charge on any atom is 0.261 e. The lowest BCUT2D eigenvalue weighted by molar-refractivity contribution is -0.127. The highest BCUT2D eigenvalue weighted by Crippen LogP contribution is 2.13. The van der Waals surface area contributed by atoms with Gasteiger partial charge >= 0.3 is 0 Å². The fourth-order valence-electron chi connectivity index (χ4n) is 1.89. The molecule has 0 bridgehead atoms. The van der Waals surface area contributed by atoms with Gasteiger partial charge in [-0.1, -0.05) is 12.1 Å². The van der Waals surface area contributed by atoms with Crippen LogP contribution in [0.1, 0.15) is 22.8 Å². The predicted molar refractivity (Wildman–Crippen MR) is 83.3 cm³/mol. The highest BCUT2D eigenvalue weighted by molar-refractivity contribution is 5.92. The predicted octanol–water partition coefficient (Wildman–Crippen LogP) is 2.01. The van der Waals surface area contributed by atoms with Gasteiger partial charge in [-0.3, -0.25) is 9.59 Å². The fraction of sp³-hybridized carbons (Fsp3) is 0.176. The number of amides is 2. The SMILES string of the molecule is C[C@H](Oc1ccc(F)cc1)C(=O)NCc1ccc(C(N)=O)cc1. The molecule has 2 rings (SSSR count). The molecule has 2 aromatic carbocycles. The zero-order valence-electron chi connectivity index (χ0n) is 12.6. The molecule has 0 spiro atoms. The lowest BCUT2D eigenvalue weighted by Gasteiger charge is -2.14. The summed E-state index contributed by atoms with van der Waals surface area (Å²) in [7, 11) is 0. The van der Waals surface area contributed by atoms with Crippen LogP contribution in [0.15, 0.2) is 48.5 Å². The number of hydrogen-bond acceptors (Lipinski definition) is 3. The number of ether oxygens (including phenoxy) is 1. The molecule has 2 aromatic rings. The molecule has 120 valence electrons. The van der Waals surface area contributed by atoms with Crippen LogP contribution in [0.4, 0.5) is 4.39 Å². The second-order valence-electron chi connectivity index (χ2n) is 4.99. The topological polar surface area (TPSA) is 81.4 Å². The van der Waals surface area contributed by atoms with E-state index in [1.54, 1.807) is 31.2 Å². The molecule has 2 amide bonds. The quantitative estimate of drug-likeness (QED) is 0.855. The fourth-order valence-corrected chi connectivity index (χ4v) is 1.89. The first kappa shape index (κ1) is 16.5. The largest absolute Gasteiger partial charge is 0.481 e. The van der Waals surface area contributed by atoms with Crippen LogP contribution in [0, 0.1) is 5.82 Å². The van der Waals surface area contributed by atoms with Crippen molar-refractivity contribution in [3.05, 3.63) is 65.5 Å². The van der Waals surface area contributed by atoms with E-state index in [0.717, 1.165) is 5.56 Å². The molecule has 3 N–H and O–H groups in total. The van der Waals surface area contributed by atoms with E-state index in [2.05, 4.69) is 5.32 Å². The average molecular weight is 316 g/mol. The zero-order chi connectivity index (χ0) is 16.8. The average Bonchev–Trinajstić information content (AvgIpc) is 2.55. The smallest absolute Gasteiger partial charge is 0.261 e. The lowest BCUT2D eigenvalue weighted by atomic mass is 10.1. The minimum Gasteiger partial charge on any atom is -0.481 e. The highest BCUT2D eigenvalue weighted by Gasteiger charge is 2.14. The second kappa shape index (κ2) is 7.40. The van der Waals surface area contributed by atoms with Crippen molar-refractivity contribution in [2.75, 3.05) is 0 Å². The van der Waals surface area contributed by atoms with Crippen molar-refractivity contribution in [3.8, 4) is 5.75 Å². The molecular weight excluding hydrogens is 299 g/mol. The summed E-state index contributed by atoms with van der Waals surface area (Å²) in [4.78, 5) is 23.0. The maximum absolute atomic E-state index is 12.8. The summed E-state index contributed by atoms with van der Waals surface area (Å²) in [5, 5.41) is 2.72. The van der Waals surface area contributed by atoms with Crippen LogP contribution < -0.4 is 15.8 Å². The molecule has 0 aliphatic carbocycles. The van der Waals surface area contributed by atoms with Crippen LogP contribution in [-0.2, 0) is 11.3 Å². The summed E-state index contributed by atoms with van der Waals surface area (Å²) < 4.78 is 18.2. The van der Waals surface area contributed by atoms with Gasteiger partial charge in [0.05, 0.1) is 0 Å². The summed E-state index contributed by atoms with van der Waals surface area (Å²) in [6.07, 6.45) is -0.717. The van der Waals surface area contributed by atoms with Gasteiger partial charge in [0, 0.05) is 12.1 Å². The van der Waals surface area contributed by atoms with Crippen LogP contribution in [0.2, 0.25) is 0 Å². The third kappa shape index (κ3) is 4.81. The summed E-state index contributed by atoms with van der Waals surface area (Å²) >= 11 is 0. The minimum atomic E-state index is -0.717. The van der Waals surface area contributed by atoms with Crippen LogP contribution >= 0.6 is 0 Å². The van der Waals surface area contributed by atoms with Gasteiger partial charge in [0.25, 0.3) is 5.91 Å². The van der Waals surface area contributed by atoms with Crippen molar-refractivity contribution in [1.82, 2.24) is 5.32 Å². The highest BCUT2D eigenvalue weighted by atomic mass is 19.1. The monoisotopic (exact) mass is 316 g/mol. The van der Waals surface area contributed by atoms with Gasteiger partial charge in [0.2, 0.25) is 5.91 Å². The first-order valence-electron chi connectivity index (χ1n) is 7.04. The Hall–Kier alpha value is -2.89. The summed E-state index contributed by atoms with van der Waals surface area (Å²) in [5.74, 6) is -0.746. The van der Waals surface area contributed by atoms with E-state index in [-0.39, 0.29) is 11.7 Å². The van der Waals surface area contributed by atoms with Gasteiger partial charge in [-0.05, 0) is 48.9 Å². The minimum absolute atomic E-state index is 0.298. The standard InChI is InChI=1S/C17H17FN2O3/c1-11(23-15-8-6-14(18)7-9-15)17(22)20-10-12-2-4-13(5-3-12)16(19)21/h2-9,11H,10H2,1H3,(H2,19,21)(H,20,22)/t11-/m0/s1. The molecule has 23 heavy (non-hydrogen) atoms. The number of nitrogens with two attached hydrogens (primary N) is 1. The molecule has 0 radical (unpaired) electrons. The number of halogens is 1. The van der Waals surface area contributed by atoms with Crippen molar-refractivity contribution >= 4 is 11.8 Å². The Balaban J connectivity index is 1.86. The van der Waals surface area contributed by atoms with E-state index >= 15 is 0 Å². The first-order valence-corrected chi connectivity index (χ1v) is 7.04. The van der Waals surface area contributed by atoms with Gasteiger partial charge in [-0.15, -0.1) is 0 Å². The Kier molecular flexibility index (Phi) is 5.30. The van der Waals surface area contributed by atoms with E-state index in [1.165, 1.54) is 24.3 Å². The number of primary amides is 1. The third-order valence-electron chi connectivity index (χ3n) is 3.20. The Morgan fingerprint density at radius 1 is 1.13 bits per heavy atom. The van der Waals surface area contributed by atoms with Crippen molar-refractivity contribution in [3.63, 3.8) is 0 Å². The van der Waals surface area contributed by atoms with E-state index in [4.69, 9.17) is 10.5 Å². The van der Waals surface area contributed by atoms with Gasteiger partial charge in [-0.25, -0.2) is 4.39 Å².